The molecule has 0 nitrogen and oxygen atoms in total. The SMILES string of the molecule is CC1=C(C)C2CCCCCC2=C1CC1=C(C)C(C)=C2CCCCCC21. The van der Waals surface area contributed by atoms with Gasteiger partial charge in [-0.3, -0.25) is 0 Å². The normalized spacial score (nSPS) is 30.7. The summed E-state index contributed by atoms with van der Waals surface area (Å²) in [4.78, 5) is 0. The third kappa shape index (κ3) is 2.90. The molecule has 0 N–H and O–H groups in total. The lowest BCUT2D eigenvalue weighted by Gasteiger charge is -2.20. The molecule has 0 aliphatic heterocycles. The van der Waals surface area contributed by atoms with Gasteiger partial charge in [0, 0.05) is 11.8 Å². The molecule has 2 unspecified atom stereocenters. The van der Waals surface area contributed by atoms with E-state index in [1.54, 1.807) is 33.4 Å². The maximum absolute atomic E-state index is 2.43. The molecule has 4 aliphatic rings. The Morgan fingerprint density at radius 3 is 2.00 bits per heavy atom. The molecule has 0 heteroatoms. The van der Waals surface area contributed by atoms with Crippen molar-refractivity contribution < 1.29 is 0 Å². The van der Waals surface area contributed by atoms with E-state index < -0.39 is 0 Å². The second-order valence-electron chi connectivity index (χ2n) is 9.09. The molecule has 0 bridgehead atoms. The number of hydrogen-bond donors (Lipinski definition) is 0. The monoisotopic (exact) mass is 336 g/mol. The van der Waals surface area contributed by atoms with Crippen molar-refractivity contribution in [3.63, 3.8) is 0 Å². The maximum Gasteiger partial charge on any atom is 0.00219 e. The summed E-state index contributed by atoms with van der Waals surface area (Å²) in [6, 6.07) is 0. The van der Waals surface area contributed by atoms with Crippen molar-refractivity contribution in [2.75, 3.05) is 0 Å². The van der Waals surface area contributed by atoms with Crippen LogP contribution >= 0.6 is 0 Å². The highest BCUT2D eigenvalue weighted by Gasteiger charge is 2.34. The van der Waals surface area contributed by atoms with Gasteiger partial charge in [0.1, 0.15) is 0 Å². The van der Waals surface area contributed by atoms with Gasteiger partial charge in [-0.1, -0.05) is 48.0 Å². The van der Waals surface area contributed by atoms with E-state index in [9.17, 15) is 0 Å². The summed E-state index contributed by atoms with van der Waals surface area (Å²) in [6.07, 6.45) is 15.4. The van der Waals surface area contributed by atoms with Crippen LogP contribution in [0.1, 0.15) is 98.3 Å². The van der Waals surface area contributed by atoms with Gasteiger partial charge in [0.15, 0.2) is 0 Å². The number of rotatable bonds is 2. The van der Waals surface area contributed by atoms with Gasteiger partial charge in [-0.15, -0.1) is 0 Å². The van der Waals surface area contributed by atoms with Crippen molar-refractivity contribution in [2.24, 2.45) is 11.8 Å². The number of fused-ring (bicyclic) bond motifs is 2. The van der Waals surface area contributed by atoms with Crippen LogP contribution in [-0.4, -0.2) is 0 Å². The molecule has 0 amide bonds. The highest BCUT2D eigenvalue weighted by molar-refractivity contribution is 5.55. The smallest absolute Gasteiger partial charge is 0.00219 e. The van der Waals surface area contributed by atoms with Gasteiger partial charge < -0.3 is 0 Å². The van der Waals surface area contributed by atoms with Gasteiger partial charge >= 0.3 is 0 Å². The summed E-state index contributed by atoms with van der Waals surface area (Å²) >= 11 is 0. The van der Waals surface area contributed by atoms with Crippen LogP contribution < -0.4 is 0 Å². The van der Waals surface area contributed by atoms with Gasteiger partial charge in [-0.05, 0) is 94.9 Å². The van der Waals surface area contributed by atoms with Crippen LogP contribution in [0, 0.1) is 11.8 Å². The van der Waals surface area contributed by atoms with Crippen LogP contribution in [-0.2, 0) is 0 Å². The van der Waals surface area contributed by atoms with E-state index in [4.69, 9.17) is 0 Å². The Morgan fingerprint density at radius 2 is 1.28 bits per heavy atom. The molecular weight excluding hydrogens is 300 g/mol. The summed E-state index contributed by atoms with van der Waals surface area (Å²) in [6.45, 7) is 9.67. The van der Waals surface area contributed by atoms with Crippen LogP contribution in [0.25, 0.3) is 0 Å². The third-order valence-corrected chi connectivity index (χ3v) is 7.99. The van der Waals surface area contributed by atoms with E-state index >= 15 is 0 Å². The van der Waals surface area contributed by atoms with Crippen LogP contribution in [0.3, 0.4) is 0 Å². The maximum atomic E-state index is 2.43. The minimum atomic E-state index is 0.786. The van der Waals surface area contributed by atoms with Gasteiger partial charge in [0.05, 0.1) is 0 Å². The number of allylic oxidation sites excluding steroid dienone is 8. The van der Waals surface area contributed by atoms with Gasteiger partial charge in [-0.2, -0.15) is 0 Å². The second kappa shape index (κ2) is 6.93. The van der Waals surface area contributed by atoms with E-state index in [-0.39, 0.29) is 0 Å². The standard InChI is InChI=1S/C25H36/c1-16-18(3)24(22-13-9-5-7-11-20(16)22)15-25-19(4)17(2)21-12-8-6-10-14-23(21)25/h20,23H,5-15H2,1-4H3. The van der Waals surface area contributed by atoms with Crippen molar-refractivity contribution in [1.29, 1.82) is 0 Å². The van der Waals surface area contributed by atoms with E-state index in [0.29, 0.717) is 0 Å². The van der Waals surface area contributed by atoms with Crippen LogP contribution in [0.4, 0.5) is 0 Å². The lowest BCUT2D eigenvalue weighted by Crippen LogP contribution is -2.06. The highest BCUT2D eigenvalue weighted by Crippen LogP contribution is 2.51. The fraction of sp³-hybridized carbons (Fsp3) is 0.680. The van der Waals surface area contributed by atoms with Gasteiger partial charge in [-0.25, -0.2) is 0 Å². The average Bonchev–Trinajstić information content (AvgIpc) is 2.89. The minimum Gasteiger partial charge on any atom is -0.0629 e. The van der Waals surface area contributed by atoms with Crippen molar-refractivity contribution >= 4 is 0 Å². The first-order valence-electron chi connectivity index (χ1n) is 10.9. The first-order valence-corrected chi connectivity index (χ1v) is 10.9. The summed E-state index contributed by atoms with van der Waals surface area (Å²) in [5, 5.41) is 0. The highest BCUT2D eigenvalue weighted by atomic mass is 14.4. The fourth-order valence-corrected chi connectivity index (χ4v) is 6.23. The molecule has 0 aromatic carbocycles. The van der Waals surface area contributed by atoms with Crippen molar-refractivity contribution in [3.05, 3.63) is 44.6 Å². The quantitative estimate of drug-likeness (QED) is 0.482. The lowest BCUT2D eigenvalue weighted by atomic mass is 9.84. The number of hydrogen-bond acceptors (Lipinski definition) is 0. The van der Waals surface area contributed by atoms with Gasteiger partial charge in [0.2, 0.25) is 0 Å². The van der Waals surface area contributed by atoms with Crippen LogP contribution in [0.5, 0.6) is 0 Å². The molecule has 0 aromatic rings. The Balaban J connectivity index is 1.68. The molecule has 0 aromatic heterocycles. The Hall–Kier alpha value is -1.04. The Labute approximate surface area is 155 Å². The molecule has 0 saturated heterocycles. The molecule has 4 rings (SSSR count). The molecule has 2 saturated carbocycles. The first kappa shape index (κ1) is 17.4. The molecule has 4 aliphatic carbocycles. The zero-order valence-electron chi connectivity index (χ0n) is 16.9. The van der Waals surface area contributed by atoms with E-state index in [2.05, 4.69) is 27.7 Å². The van der Waals surface area contributed by atoms with E-state index in [1.165, 1.54) is 70.6 Å². The largest absolute Gasteiger partial charge is 0.0629 e. The molecule has 0 spiro atoms. The molecular formula is C25H36. The second-order valence-corrected chi connectivity index (χ2v) is 9.09. The molecule has 2 atom stereocenters. The molecule has 136 valence electrons. The summed E-state index contributed by atoms with van der Waals surface area (Å²) in [5.74, 6) is 1.58. The molecule has 0 radical (unpaired) electrons. The zero-order chi connectivity index (χ0) is 17.6. The third-order valence-electron chi connectivity index (χ3n) is 7.99. The van der Waals surface area contributed by atoms with Crippen molar-refractivity contribution in [2.45, 2.75) is 98.3 Å². The topological polar surface area (TPSA) is 0 Å². The Morgan fingerprint density at radius 1 is 0.640 bits per heavy atom. The van der Waals surface area contributed by atoms with Crippen LogP contribution in [0.2, 0.25) is 0 Å². The zero-order valence-corrected chi connectivity index (χ0v) is 16.9. The van der Waals surface area contributed by atoms with Gasteiger partial charge in [0.25, 0.3) is 0 Å². The average molecular weight is 337 g/mol. The van der Waals surface area contributed by atoms with E-state index in [1.807, 2.05) is 11.1 Å². The molecule has 25 heavy (non-hydrogen) atoms. The Bertz CT molecular complexity index is 692. The predicted molar refractivity (Wildman–Crippen MR) is 109 cm³/mol. The summed E-state index contributed by atoms with van der Waals surface area (Å²) in [7, 11) is 0. The summed E-state index contributed by atoms with van der Waals surface area (Å²) < 4.78 is 0. The molecule has 2 fully saturated rings. The summed E-state index contributed by atoms with van der Waals surface area (Å²) in [5.41, 5.74) is 13.9. The van der Waals surface area contributed by atoms with Crippen molar-refractivity contribution in [3.8, 4) is 0 Å². The fourth-order valence-electron chi connectivity index (χ4n) is 6.23. The lowest BCUT2D eigenvalue weighted by molar-refractivity contribution is 0.609. The van der Waals surface area contributed by atoms with E-state index in [0.717, 1.165) is 11.8 Å². The minimum absolute atomic E-state index is 0.786. The van der Waals surface area contributed by atoms with Crippen molar-refractivity contribution in [1.82, 2.24) is 0 Å². The van der Waals surface area contributed by atoms with Crippen LogP contribution in [0.15, 0.2) is 44.6 Å². The molecule has 0 heterocycles. The predicted octanol–water partition coefficient (Wildman–Crippen LogP) is 7.83. The first-order chi connectivity index (χ1) is 12.1. The Kier molecular flexibility index (Phi) is 4.82.